The molecule has 0 saturated heterocycles. The maximum Gasteiger partial charge on any atom is 0.263 e. The van der Waals surface area contributed by atoms with Gasteiger partial charge in [-0.3, -0.25) is 18.6 Å². The highest BCUT2D eigenvalue weighted by Crippen LogP contribution is 2.25. The molecular formula is C26H22N4O4S. The number of para-hydroxylation sites is 2. The van der Waals surface area contributed by atoms with E-state index in [1.807, 2.05) is 46.9 Å². The molecule has 5 aromatic rings. The first-order chi connectivity index (χ1) is 17.1. The summed E-state index contributed by atoms with van der Waals surface area (Å²) in [5, 5.41) is 9.75. The molecule has 3 aromatic carbocycles. The molecule has 0 aliphatic heterocycles. The Morgan fingerprint density at radius 1 is 0.943 bits per heavy atom. The SMILES string of the molecule is COc1cccc(C(=O)CSc2nnc3n(Cc4ccccc4OC)c(=O)c4ccccc4n23)c1. The summed E-state index contributed by atoms with van der Waals surface area (Å²) in [5.41, 5.74) is 1.92. The molecule has 0 bridgehead atoms. The van der Waals surface area contributed by atoms with Crippen LogP contribution in [-0.2, 0) is 6.54 Å². The average Bonchev–Trinajstić information content (AvgIpc) is 3.34. The zero-order chi connectivity index (χ0) is 24.4. The van der Waals surface area contributed by atoms with Crippen molar-refractivity contribution >= 4 is 34.2 Å². The van der Waals surface area contributed by atoms with Gasteiger partial charge in [0.25, 0.3) is 5.56 Å². The molecule has 0 fully saturated rings. The first-order valence-electron chi connectivity index (χ1n) is 10.9. The second-order valence-corrected chi connectivity index (χ2v) is 8.72. The number of methoxy groups -OCH3 is 2. The highest BCUT2D eigenvalue weighted by molar-refractivity contribution is 7.99. The lowest BCUT2D eigenvalue weighted by molar-refractivity contribution is 0.102. The van der Waals surface area contributed by atoms with Crippen LogP contribution in [0.4, 0.5) is 0 Å². The zero-order valence-corrected chi connectivity index (χ0v) is 20.0. The van der Waals surface area contributed by atoms with E-state index in [0.29, 0.717) is 38.9 Å². The molecule has 2 heterocycles. The number of thioether (sulfide) groups is 1. The molecule has 0 unspecified atom stereocenters. The Labute approximate surface area is 205 Å². The Bertz CT molecular complexity index is 1610. The van der Waals surface area contributed by atoms with Crippen LogP contribution in [-0.4, -0.2) is 44.9 Å². The van der Waals surface area contributed by atoms with Crippen LogP contribution in [0.25, 0.3) is 16.7 Å². The lowest BCUT2D eigenvalue weighted by atomic mass is 10.1. The summed E-state index contributed by atoms with van der Waals surface area (Å²) in [4.78, 5) is 26.3. The summed E-state index contributed by atoms with van der Waals surface area (Å²) >= 11 is 1.28. The molecule has 2 aromatic heterocycles. The number of benzene rings is 3. The monoisotopic (exact) mass is 486 g/mol. The van der Waals surface area contributed by atoms with Crippen LogP contribution in [0.1, 0.15) is 15.9 Å². The Hall–Kier alpha value is -4.11. The topological polar surface area (TPSA) is 87.7 Å². The number of ketones is 1. The fraction of sp³-hybridized carbons (Fsp3) is 0.154. The number of Topliss-reactive ketones (excluding diaryl/α,β-unsaturated/α-hetero) is 1. The van der Waals surface area contributed by atoms with Gasteiger partial charge in [-0.2, -0.15) is 0 Å². The molecule has 0 atom stereocenters. The van der Waals surface area contributed by atoms with Gasteiger partial charge in [-0.1, -0.05) is 54.2 Å². The molecule has 8 nitrogen and oxygen atoms in total. The van der Waals surface area contributed by atoms with Gasteiger partial charge >= 0.3 is 0 Å². The molecule has 9 heteroatoms. The molecule has 176 valence electrons. The van der Waals surface area contributed by atoms with E-state index < -0.39 is 0 Å². The Morgan fingerprint density at radius 2 is 1.74 bits per heavy atom. The predicted octanol–water partition coefficient (Wildman–Crippen LogP) is 4.08. The minimum Gasteiger partial charge on any atom is -0.497 e. The molecular weight excluding hydrogens is 464 g/mol. The van der Waals surface area contributed by atoms with Gasteiger partial charge in [0.15, 0.2) is 10.9 Å². The molecule has 0 aliphatic rings. The fourth-order valence-electron chi connectivity index (χ4n) is 3.98. The van der Waals surface area contributed by atoms with E-state index in [4.69, 9.17) is 9.47 Å². The molecule has 35 heavy (non-hydrogen) atoms. The summed E-state index contributed by atoms with van der Waals surface area (Å²) in [5.74, 6) is 1.81. The van der Waals surface area contributed by atoms with Crippen molar-refractivity contribution in [1.29, 1.82) is 0 Å². The lowest BCUT2D eigenvalue weighted by Crippen LogP contribution is -2.24. The van der Waals surface area contributed by atoms with Gasteiger partial charge in [0, 0.05) is 11.1 Å². The minimum absolute atomic E-state index is 0.0581. The minimum atomic E-state index is -0.171. The van der Waals surface area contributed by atoms with Crippen LogP contribution in [0.2, 0.25) is 0 Å². The van der Waals surface area contributed by atoms with Crippen molar-refractivity contribution in [2.45, 2.75) is 11.7 Å². The van der Waals surface area contributed by atoms with E-state index in [-0.39, 0.29) is 23.6 Å². The van der Waals surface area contributed by atoms with Crippen LogP contribution < -0.4 is 15.0 Å². The highest BCUT2D eigenvalue weighted by Gasteiger charge is 2.19. The highest BCUT2D eigenvalue weighted by atomic mass is 32.2. The van der Waals surface area contributed by atoms with E-state index in [1.54, 1.807) is 49.1 Å². The largest absolute Gasteiger partial charge is 0.497 e. The summed E-state index contributed by atoms with van der Waals surface area (Å²) in [7, 11) is 3.17. The summed E-state index contributed by atoms with van der Waals surface area (Å²) in [6.45, 7) is 0.267. The van der Waals surface area contributed by atoms with Crippen LogP contribution in [0, 0.1) is 0 Å². The van der Waals surface area contributed by atoms with Gasteiger partial charge in [0.2, 0.25) is 5.78 Å². The van der Waals surface area contributed by atoms with E-state index in [9.17, 15) is 9.59 Å². The van der Waals surface area contributed by atoms with Crippen molar-refractivity contribution in [3.8, 4) is 11.5 Å². The number of fused-ring (bicyclic) bond motifs is 3. The Morgan fingerprint density at radius 3 is 2.57 bits per heavy atom. The van der Waals surface area contributed by atoms with Crippen LogP contribution in [0.3, 0.4) is 0 Å². The van der Waals surface area contributed by atoms with Crippen molar-refractivity contribution < 1.29 is 14.3 Å². The first kappa shape index (κ1) is 22.7. The molecule has 0 saturated carbocycles. The maximum absolute atomic E-state index is 13.4. The van der Waals surface area contributed by atoms with E-state index in [0.717, 1.165) is 5.56 Å². The zero-order valence-electron chi connectivity index (χ0n) is 19.2. The number of hydrogen-bond donors (Lipinski definition) is 0. The number of carbonyl (C=O) groups excluding carboxylic acids is 1. The normalized spacial score (nSPS) is 11.1. The number of ether oxygens (including phenoxy) is 2. The van der Waals surface area contributed by atoms with Gasteiger partial charge in [-0.05, 0) is 30.3 Å². The lowest BCUT2D eigenvalue weighted by Gasteiger charge is -2.13. The molecule has 0 amide bonds. The van der Waals surface area contributed by atoms with Gasteiger partial charge in [0.05, 0.1) is 37.4 Å². The molecule has 0 aliphatic carbocycles. The second-order valence-electron chi connectivity index (χ2n) is 7.78. The molecule has 0 N–H and O–H groups in total. The third-order valence-electron chi connectivity index (χ3n) is 5.72. The number of nitrogens with zero attached hydrogens (tertiary/aromatic N) is 4. The maximum atomic E-state index is 13.4. The third-order valence-corrected chi connectivity index (χ3v) is 6.65. The smallest absolute Gasteiger partial charge is 0.263 e. The van der Waals surface area contributed by atoms with Crippen molar-refractivity contribution in [2.75, 3.05) is 20.0 Å². The molecule has 0 radical (unpaired) electrons. The Kier molecular flexibility index (Phi) is 6.24. The van der Waals surface area contributed by atoms with Gasteiger partial charge in [-0.15, -0.1) is 10.2 Å². The second kappa shape index (κ2) is 9.63. The molecule has 5 rings (SSSR count). The predicted molar refractivity (Wildman–Crippen MR) is 135 cm³/mol. The summed E-state index contributed by atoms with van der Waals surface area (Å²) < 4.78 is 14.1. The number of rotatable bonds is 8. The third kappa shape index (κ3) is 4.26. The van der Waals surface area contributed by atoms with Crippen molar-refractivity contribution in [2.24, 2.45) is 0 Å². The first-order valence-corrected chi connectivity index (χ1v) is 11.9. The van der Waals surface area contributed by atoms with E-state index in [1.165, 1.54) is 11.8 Å². The van der Waals surface area contributed by atoms with Crippen LogP contribution in [0.15, 0.2) is 82.7 Å². The number of carbonyl (C=O) groups is 1. The van der Waals surface area contributed by atoms with Gasteiger partial charge in [-0.25, -0.2) is 0 Å². The number of aromatic nitrogens is 4. The molecule has 0 spiro atoms. The van der Waals surface area contributed by atoms with Gasteiger partial charge < -0.3 is 9.47 Å². The summed E-state index contributed by atoms with van der Waals surface area (Å²) in [6.07, 6.45) is 0. The number of hydrogen-bond acceptors (Lipinski definition) is 7. The van der Waals surface area contributed by atoms with Crippen LogP contribution in [0.5, 0.6) is 11.5 Å². The van der Waals surface area contributed by atoms with Crippen molar-refractivity contribution in [1.82, 2.24) is 19.2 Å². The fourth-order valence-corrected chi connectivity index (χ4v) is 4.82. The summed E-state index contributed by atoms with van der Waals surface area (Å²) in [6, 6.07) is 21.9. The van der Waals surface area contributed by atoms with Crippen LogP contribution >= 0.6 is 11.8 Å². The van der Waals surface area contributed by atoms with Gasteiger partial charge in [0.1, 0.15) is 11.5 Å². The average molecular weight is 487 g/mol. The van der Waals surface area contributed by atoms with E-state index in [2.05, 4.69) is 10.2 Å². The Balaban J connectivity index is 1.56. The van der Waals surface area contributed by atoms with Crippen molar-refractivity contribution in [3.05, 3.63) is 94.3 Å². The van der Waals surface area contributed by atoms with Crippen molar-refractivity contribution in [3.63, 3.8) is 0 Å². The quantitative estimate of drug-likeness (QED) is 0.241. The van der Waals surface area contributed by atoms with E-state index >= 15 is 0 Å². The standard InChI is InChI=1S/C26H22N4O4S/c1-33-19-10-7-9-17(14-19)22(31)16-35-26-28-27-25-29(15-18-8-3-6-13-23(18)34-2)24(32)20-11-4-5-12-21(20)30(25)26/h3-14H,15-16H2,1-2H3.